The topological polar surface area (TPSA) is 147 Å². The number of amides is 1. The van der Waals surface area contributed by atoms with Gasteiger partial charge in [-0.2, -0.15) is 0 Å². The third-order valence-corrected chi connectivity index (χ3v) is 4.36. The molecular weight excluding hydrogens is 376 g/mol. The second-order valence-corrected chi connectivity index (χ2v) is 6.57. The molecule has 0 spiro atoms. The van der Waals surface area contributed by atoms with E-state index in [0.717, 1.165) is 4.88 Å². The number of nitrogens with one attached hydrogen (secondary N) is 1. The van der Waals surface area contributed by atoms with Crippen molar-refractivity contribution in [3.05, 3.63) is 39.4 Å². The van der Waals surface area contributed by atoms with Crippen LogP contribution in [-0.4, -0.2) is 35.0 Å². The maximum absolute atomic E-state index is 12.2. The molecule has 0 aliphatic carbocycles. The third-order valence-electron chi connectivity index (χ3n) is 3.48. The van der Waals surface area contributed by atoms with Crippen LogP contribution >= 0.6 is 11.3 Å². The molecule has 1 aromatic heterocycles. The molecule has 0 aliphatic heterocycles. The fraction of sp³-hybridized carbons (Fsp3) is 0.312. The number of hydrogen-bond acceptors (Lipinski definition) is 9. The fourth-order valence-electron chi connectivity index (χ4n) is 2.11. The summed E-state index contributed by atoms with van der Waals surface area (Å²) in [4.78, 5) is 39.1. The minimum absolute atomic E-state index is 0.0688. The average Bonchev–Trinajstić information content (AvgIpc) is 3.05. The van der Waals surface area contributed by atoms with Crippen LogP contribution in [0.5, 0.6) is 5.75 Å². The zero-order valence-electron chi connectivity index (χ0n) is 14.6. The predicted octanol–water partition coefficient (Wildman–Crippen LogP) is 2.15. The number of esters is 1. The lowest BCUT2D eigenvalue weighted by atomic mass is 10.2. The highest BCUT2D eigenvalue weighted by Crippen LogP contribution is 2.29. The summed E-state index contributed by atoms with van der Waals surface area (Å²) in [6.45, 7) is 1.40. The molecule has 2 rings (SSSR count). The van der Waals surface area contributed by atoms with Crippen molar-refractivity contribution in [2.75, 3.05) is 18.2 Å². The molecule has 3 N–H and O–H groups in total. The minimum atomic E-state index is -1.09. The van der Waals surface area contributed by atoms with Crippen LogP contribution in [0.3, 0.4) is 0 Å². The quantitative estimate of drug-likeness (QED) is 0.393. The molecule has 1 atom stereocenters. The highest BCUT2D eigenvalue weighted by atomic mass is 32.1. The van der Waals surface area contributed by atoms with Gasteiger partial charge in [0.05, 0.1) is 24.1 Å². The Morgan fingerprint density at radius 1 is 1.44 bits per heavy atom. The minimum Gasteiger partial charge on any atom is -0.495 e. The monoisotopic (exact) mass is 394 g/mol. The molecule has 0 saturated heterocycles. The van der Waals surface area contributed by atoms with Crippen LogP contribution in [0.2, 0.25) is 0 Å². The second kappa shape index (κ2) is 8.94. The van der Waals surface area contributed by atoms with E-state index in [1.165, 1.54) is 43.6 Å². The van der Waals surface area contributed by atoms with Gasteiger partial charge < -0.3 is 20.5 Å². The highest BCUT2D eigenvalue weighted by molar-refractivity contribution is 7.15. The number of carbonyl (C=O) groups is 2. The number of methoxy groups -OCH3 is 1. The summed E-state index contributed by atoms with van der Waals surface area (Å²) in [6.07, 6.45) is 0.964. The van der Waals surface area contributed by atoms with Gasteiger partial charge in [0, 0.05) is 23.2 Å². The first-order chi connectivity index (χ1) is 12.8. The maximum atomic E-state index is 12.2. The van der Waals surface area contributed by atoms with E-state index in [1.807, 2.05) is 0 Å². The molecule has 1 unspecified atom stereocenters. The van der Waals surface area contributed by atoms with Gasteiger partial charge in [-0.1, -0.05) is 0 Å². The van der Waals surface area contributed by atoms with Crippen molar-refractivity contribution < 1.29 is 24.0 Å². The fourth-order valence-corrected chi connectivity index (χ4v) is 2.80. The van der Waals surface area contributed by atoms with Gasteiger partial charge in [-0.25, -0.2) is 4.98 Å². The van der Waals surface area contributed by atoms with Gasteiger partial charge in [0.2, 0.25) is 0 Å². The number of hydrogen-bond donors (Lipinski definition) is 2. The van der Waals surface area contributed by atoms with Crippen molar-refractivity contribution in [2.45, 2.75) is 25.9 Å². The number of carbonyl (C=O) groups excluding carboxylic acids is 2. The predicted molar refractivity (Wildman–Crippen MR) is 98.7 cm³/mol. The van der Waals surface area contributed by atoms with Crippen LogP contribution in [0.25, 0.3) is 0 Å². The molecule has 2 aromatic rings. The van der Waals surface area contributed by atoms with Gasteiger partial charge in [0.15, 0.2) is 11.2 Å². The standard InChI is InChI=1S/C16H18N4O6S/c1-9(26-14(21)6-4-11-8-18-16(17)27-11)15(22)19-12-7-10(20(23)24)3-5-13(12)25-2/h3,5,7-9H,4,6H2,1-2H3,(H2,17,18)(H,19,22). The van der Waals surface area contributed by atoms with E-state index in [-0.39, 0.29) is 23.5 Å². The number of nitrogens with zero attached hydrogens (tertiary/aromatic N) is 2. The lowest BCUT2D eigenvalue weighted by molar-refractivity contribution is -0.384. The maximum Gasteiger partial charge on any atom is 0.306 e. The molecule has 1 aromatic carbocycles. The Bertz CT molecular complexity index is 853. The van der Waals surface area contributed by atoms with Crippen LogP contribution in [-0.2, 0) is 20.7 Å². The Balaban J connectivity index is 1.93. The molecule has 10 nitrogen and oxygen atoms in total. The van der Waals surface area contributed by atoms with Crippen LogP contribution in [0.4, 0.5) is 16.5 Å². The first kappa shape index (κ1) is 20.1. The Labute approximate surface area is 158 Å². The van der Waals surface area contributed by atoms with E-state index < -0.39 is 22.9 Å². The zero-order chi connectivity index (χ0) is 20.0. The zero-order valence-corrected chi connectivity index (χ0v) is 15.4. The summed E-state index contributed by atoms with van der Waals surface area (Å²) in [5.74, 6) is -0.949. The van der Waals surface area contributed by atoms with Gasteiger partial charge in [-0.15, -0.1) is 11.3 Å². The van der Waals surface area contributed by atoms with Crippen LogP contribution in [0.1, 0.15) is 18.2 Å². The van der Waals surface area contributed by atoms with Crippen molar-refractivity contribution >= 4 is 39.7 Å². The van der Waals surface area contributed by atoms with Crippen LogP contribution in [0, 0.1) is 10.1 Å². The Kier molecular flexibility index (Phi) is 6.66. The summed E-state index contributed by atoms with van der Waals surface area (Å²) in [7, 11) is 1.37. The first-order valence-corrected chi connectivity index (χ1v) is 8.64. The highest BCUT2D eigenvalue weighted by Gasteiger charge is 2.21. The molecule has 0 saturated carbocycles. The summed E-state index contributed by atoms with van der Waals surface area (Å²) in [5.41, 5.74) is 5.42. The number of nitrogen functional groups attached to an aromatic ring is 1. The molecule has 0 fully saturated rings. The SMILES string of the molecule is COc1ccc([N+](=O)[O-])cc1NC(=O)C(C)OC(=O)CCc1cnc(N)s1. The molecular formula is C16H18N4O6S. The normalized spacial score (nSPS) is 11.5. The molecule has 1 heterocycles. The number of non-ortho nitro benzene ring substituents is 1. The van der Waals surface area contributed by atoms with Crippen molar-refractivity contribution in [1.82, 2.24) is 4.98 Å². The Morgan fingerprint density at radius 3 is 2.78 bits per heavy atom. The first-order valence-electron chi connectivity index (χ1n) is 7.83. The number of aryl methyl sites for hydroxylation is 1. The summed E-state index contributed by atoms with van der Waals surface area (Å²) in [6, 6.07) is 3.79. The summed E-state index contributed by atoms with van der Waals surface area (Å²) < 4.78 is 10.2. The van der Waals surface area contributed by atoms with Gasteiger partial charge in [0.25, 0.3) is 11.6 Å². The molecule has 0 radical (unpaired) electrons. The summed E-state index contributed by atoms with van der Waals surface area (Å²) in [5, 5.41) is 13.8. The number of thiazole rings is 1. The number of aromatic nitrogens is 1. The van der Waals surface area contributed by atoms with Gasteiger partial charge in [-0.05, 0) is 19.4 Å². The molecule has 27 heavy (non-hydrogen) atoms. The third kappa shape index (κ3) is 5.64. The van der Waals surface area contributed by atoms with Crippen LogP contribution < -0.4 is 15.8 Å². The molecule has 11 heteroatoms. The lowest BCUT2D eigenvalue weighted by Gasteiger charge is -2.15. The van der Waals surface area contributed by atoms with Gasteiger partial charge in [0.1, 0.15) is 5.75 Å². The number of nitro benzene ring substituents is 1. The largest absolute Gasteiger partial charge is 0.495 e. The number of nitro groups is 1. The van der Waals surface area contributed by atoms with E-state index in [0.29, 0.717) is 11.6 Å². The van der Waals surface area contributed by atoms with E-state index in [9.17, 15) is 19.7 Å². The Morgan fingerprint density at radius 2 is 2.19 bits per heavy atom. The van der Waals surface area contributed by atoms with Crippen molar-refractivity contribution in [1.29, 1.82) is 0 Å². The molecule has 0 aliphatic rings. The van der Waals surface area contributed by atoms with Gasteiger partial charge >= 0.3 is 5.97 Å². The Hall–Kier alpha value is -3.21. The van der Waals surface area contributed by atoms with E-state index in [1.54, 1.807) is 6.20 Å². The van der Waals surface area contributed by atoms with Crippen molar-refractivity contribution in [3.8, 4) is 5.75 Å². The smallest absolute Gasteiger partial charge is 0.306 e. The number of ether oxygens (including phenoxy) is 2. The van der Waals surface area contributed by atoms with E-state index in [4.69, 9.17) is 15.2 Å². The van der Waals surface area contributed by atoms with Crippen LogP contribution in [0.15, 0.2) is 24.4 Å². The average molecular weight is 394 g/mol. The van der Waals surface area contributed by atoms with Gasteiger partial charge in [-0.3, -0.25) is 19.7 Å². The number of rotatable bonds is 8. The van der Waals surface area contributed by atoms with Crippen molar-refractivity contribution in [3.63, 3.8) is 0 Å². The van der Waals surface area contributed by atoms with E-state index in [2.05, 4.69) is 10.3 Å². The van der Waals surface area contributed by atoms with E-state index >= 15 is 0 Å². The number of anilines is 2. The number of benzene rings is 1. The number of nitrogens with two attached hydrogens (primary N) is 1. The summed E-state index contributed by atoms with van der Waals surface area (Å²) >= 11 is 1.28. The lowest BCUT2D eigenvalue weighted by Crippen LogP contribution is -2.30. The second-order valence-electron chi connectivity index (χ2n) is 5.43. The van der Waals surface area contributed by atoms with Crippen molar-refractivity contribution in [2.24, 2.45) is 0 Å². The molecule has 0 bridgehead atoms. The molecule has 1 amide bonds. The molecule has 144 valence electrons.